The molecule has 1 aliphatic heterocycles. The van der Waals surface area contributed by atoms with Crippen LogP contribution in [0.4, 0.5) is 4.39 Å². The summed E-state index contributed by atoms with van der Waals surface area (Å²) in [7, 11) is -3.87. The number of hydrogen-bond donors (Lipinski definition) is 0. The molecule has 2 heterocycles. The minimum absolute atomic E-state index is 0.182. The van der Waals surface area contributed by atoms with E-state index >= 15 is 0 Å². The standard InChI is InChI=1S/C16H19ClFN3O2S/c1-2-20-11-13(10-19-20)12-6-8-21(9-7-12)24(22,23)15-5-3-4-14(17)16(15)18/h3-5,10-12H,2,6-9H2,1H3. The third kappa shape index (κ3) is 3.20. The van der Waals surface area contributed by atoms with Crippen molar-refractivity contribution in [3.8, 4) is 0 Å². The van der Waals surface area contributed by atoms with E-state index in [1.54, 1.807) is 0 Å². The highest BCUT2D eigenvalue weighted by Crippen LogP contribution is 2.32. The van der Waals surface area contributed by atoms with Crippen LogP contribution < -0.4 is 0 Å². The highest BCUT2D eigenvalue weighted by molar-refractivity contribution is 7.89. The molecule has 3 rings (SSSR count). The third-order valence-corrected chi connectivity index (χ3v) is 6.64. The zero-order chi connectivity index (χ0) is 17.3. The van der Waals surface area contributed by atoms with Crippen molar-refractivity contribution in [1.82, 2.24) is 14.1 Å². The van der Waals surface area contributed by atoms with Crippen molar-refractivity contribution in [1.29, 1.82) is 0 Å². The molecule has 0 bridgehead atoms. The number of benzene rings is 1. The van der Waals surface area contributed by atoms with E-state index in [4.69, 9.17) is 11.6 Å². The topological polar surface area (TPSA) is 55.2 Å². The van der Waals surface area contributed by atoms with Gasteiger partial charge in [0.1, 0.15) is 4.90 Å². The van der Waals surface area contributed by atoms with Gasteiger partial charge in [0.15, 0.2) is 5.82 Å². The maximum Gasteiger partial charge on any atom is 0.246 e. The van der Waals surface area contributed by atoms with E-state index in [0.29, 0.717) is 25.9 Å². The predicted octanol–water partition coefficient (Wildman–Crippen LogP) is 3.26. The van der Waals surface area contributed by atoms with Crippen molar-refractivity contribution in [3.63, 3.8) is 0 Å². The molecule has 8 heteroatoms. The smallest absolute Gasteiger partial charge is 0.246 e. The summed E-state index contributed by atoms with van der Waals surface area (Å²) in [5, 5.41) is 4.08. The first-order chi connectivity index (χ1) is 11.4. The lowest BCUT2D eigenvalue weighted by Gasteiger charge is -2.30. The molecule has 0 amide bonds. The summed E-state index contributed by atoms with van der Waals surface area (Å²) in [5.41, 5.74) is 1.13. The Kier molecular flexibility index (Phi) is 4.94. The summed E-state index contributed by atoms with van der Waals surface area (Å²) in [6.07, 6.45) is 5.23. The lowest BCUT2D eigenvalue weighted by atomic mass is 9.93. The predicted molar refractivity (Wildman–Crippen MR) is 90.0 cm³/mol. The normalized spacial score (nSPS) is 17.3. The first kappa shape index (κ1) is 17.4. The first-order valence-corrected chi connectivity index (χ1v) is 9.71. The van der Waals surface area contributed by atoms with Gasteiger partial charge in [-0.25, -0.2) is 12.8 Å². The molecule has 1 aliphatic rings. The molecular formula is C16H19ClFN3O2S. The number of halogens is 2. The van der Waals surface area contributed by atoms with Crippen molar-refractivity contribution in [2.75, 3.05) is 13.1 Å². The SMILES string of the molecule is CCn1cc(C2CCN(S(=O)(=O)c3cccc(Cl)c3F)CC2)cn1. The summed E-state index contributed by atoms with van der Waals surface area (Å²) in [4.78, 5) is -0.354. The monoisotopic (exact) mass is 371 g/mol. The number of sulfonamides is 1. The minimum atomic E-state index is -3.87. The van der Waals surface area contributed by atoms with Gasteiger partial charge in [-0.3, -0.25) is 4.68 Å². The van der Waals surface area contributed by atoms with Crippen LogP contribution in [-0.2, 0) is 16.6 Å². The molecule has 24 heavy (non-hydrogen) atoms. The van der Waals surface area contributed by atoms with Crippen molar-refractivity contribution in [3.05, 3.63) is 47.0 Å². The van der Waals surface area contributed by atoms with E-state index < -0.39 is 15.8 Å². The van der Waals surface area contributed by atoms with Crippen LogP contribution in [0.25, 0.3) is 0 Å². The van der Waals surface area contributed by atoms with Gasteiger partial charge in [0.05, 0.1) is 11.2 Å². The summed E-state index contributed by atoms with van der Waals surface area (Å²) in [6.45, 7) is 3.54. The van der Waals surface area contributed by atoms with Gasteiger partial charge in [-0.05, 0) is 43.4 Å². The number of aromatic nitrogens is 2. The fourth-order valence-corrected chi connectivity index (χ4v) is 4.80. The van der Waals surface area contributed by atoms with Crippen LogP contribution in [0.15, 0.2) is 35.5 Å². The molecule has 0 spiro atoms. The minimum Gasteiger partial charge on any atom is -0.273 e. The van der Waals surface area contributed by atoms with E-state index in [1.807, 2.05) is 24.0 Å². The first-order valence-electron chi connectivity index (χ1n) is 7.90. The van der Waals surface area contributed by atoms with E-state index in [-0.39, 0.29) is 15.8 Å². The summed E-state index contributed by atoms with van der Waals surface area (Å²) >= 11 is 5.71. The molecule has 1 aromatic heterocycles. The number of hydrogen-bond acceptors (Lipinski definition) is 3. The molecule has 0 radical (unpaired) electrons. The van der Waals surface area contributed by atoms with Crippen LogP contribution in [0.1, 0.15) is 31.2 Å². The van der Waals surface area contributed by atoms with Crippen LogP contribution in [0.2, 0.25) is 5.02 Å². The Morgan fingerprint density at radius 3 is 2.67 bits per heavy atom. The van der Waals surface area contributed by atoms with Crippen LogP contribution in [0, 0.1) is 5.82 Å². The van der Waals surface area contributed by atoms with Gasteiger partial charge < -0.3 is 0 Å². The second kappa shape index (κ2) is 6.82. The fourth-order valence-electron chi connectivity index (χ4n) is 3.02. The second-order valence-corrected chi connectivity index (χ2v) is 8.17. The molecule has 1 fully saturated rings. The van der Waals surface area contributed by atoms with Crippen molar-refractivity contribution in [2.45, 2.75) is 37.1 Å². The van der Waals surface area contributed by atoms with E-state index in [2.05, 4.69) is 5.10 Å². The molecule has 1 saturated heterocycles. The van der Waals surface area contributed by atoms with Gasteiger partial charge in [0.25, 0.3) is 0 Å². The molecule has 2 aromatic rings. The quantitative estimate of drug-likeness (QED) is 0.828. The fraction of sp³-hybridized carbons (Fsp3) is 0.438. The van der Waals surface area contributed by atoms with Gasteiger partial charge in [0, 0.05) is 25.8 Å². The van der Waals surface area contributed by atoms with Gasteiger partial charge in [-0.2, -0.15) is 9.40 Å². The largest absolute Gasteiger partial charge is 0.273 e. The number of piperidine rings is 1. The Hall–Kier alpha value is -1.44. The number of nitrogens with zero attached hydrogens (tertiary/aromatic N) is 3. The second-order valence-electron chi connectivity index (χ2n) is 5.86. The molecule has 0 unspecified atom stereocenters. The molecule has 130 valence electrons. The molecule has 0 aliphatic carbocycles. The average Bonchev–Trinajstić information content (AvgIpc) is 3.06. The maximum atomic E-state index is 14.1. The highest BCUT2D eigenvalue weighted by Gasteiger charge is 2.32. The Labute approximate surface area is 146 Å². The van der Waals surface area contributed by atoms with Crippen molar-refractivity contribution in [2.24, 2.45) is 0 Å². The van der Waals surface area contributed by atoms with Gasteiger partial charge in [-0.15, -0.1) is 0 Å². The molecule has 0 atom stereocenters. The van der Waals surface area contributed by atoms with Crippen molar-refractivity contribution >= 4 is 21.6 Å². The molecule has 0 N–H and O–H groups in total. The van der Waals surface area contributed by atoms with Crippen LogP contribution in [0.5, 0.6) is 0 Å². The van der Waals surface area contributed by atoms with Crippen LogP contribution >= 0.6 is 11.6 Å². The van der Waals surface area contributed by atoms with Gasteiger partial charge in [-0.1, -0.05) is 17.7 Å². The van der Waals surface area contributed by atoms with E-state index in [1.165, 1.54) is 22.5 Å². The zero-order valence-corrected chi connectivity index (χ0v) is 14.9. The van der Waals surface area contributed by atoms with Crippen molar-refractivity contribution < 1.29 is 12.8 Å². The molecular weight excluding hydrogens is 353 g/mol. The van der Waals surface area contributed by atoms with E-state index in [9.17, 15) is 12.8 Å². The summed E-state index contributed by atoms with van der Waals surface area (Å²) < 4.78 is 42.6. The lowest BCUT2D eigenvalue weighted by Crippen LogP contribution is -2.38. The Balaban J connectivity index is 1.75. The molecule has 0 saturated carbocycles. The zero-order valence-electron chi connectivity index (χ0n) is 13.3. The Bertz CT molecular complexity index is 830. The number of rotatable bonds is 4. The van der Waals surface area contributed by atoms with Crippen LogP contribution in [0.3, 0.4) is 0 Å². The molecule has 5 nitrogen and oxygen atoms in total. The van der Waals surface area contributed by atoms with E-state index in [0.717, 1.165) is 12.1 Å². The Morgan fingerprint density at radius 1 is 1.33 bits per heavy atom. The summed E-state index contributed by atoms with van der Waals surface area (Å²) in [6, 6.07) is 4.05. The summed E-state index contributed by atoms with van der Waals surface area (Å²) in [5.74, 6) is -0.605. The van der Waals surface area contributed by atoms with Gasteiger partial charge in [0.2, 0.25) is 10.0 Å². The Morgan fingerprint density at radius 2 is 2.04 bits per heavy atom. The molecule has 1 aromatic carbocycles. The van der Waals surface area contributed by atoms with Crippen LogP contribution in [-0.4, -0.2) is 35.6 Å². The average molecular weight is 372 g/mol. The maximum absolute atomic E-state index is 14.1. The highest BCUT2D eigenvalue weighted by atomic mass is 35.5. The lowest BCUT2D eigenvalue weighted by molar-refractivity contribution is 0.318. The third-order valence-electron chi connectivity index (χ3n) is 4.44. The van der Waals surface area contributed by atoms with Gasteiger partial charge >= 0.3 is 0 Å². The number of aryl methyl sites for hydroxylation is 1.